The summed E-state index contributed by atoms with van der Waals surface area (Å²) in [7, 11) is 0. The number of nitrogens with zero attached hydrogens (tertiary/aromatic N) is 2. The summed E-state index contributed by atoms with van der Waals surface area (Å²) in [6.45, 7) is 4.76. The Morgan fingerprint density at radius 3 is 2.87 bits per heavy atom. The number of aryl methyl sites for hydroxylation is 2. The second-order valence-corrected chi connectivity index (χ2v) is 4.59. The van der Waals surface area contributed by atoms with E-state index in [4.69, 9.17) is 5.73 Å². The van der Waals surface area contributed by atoms with E-state index >= 15 is 0 Å². The van der Waals surface area contributed by atoms with Crippen LogP contribution in [0.1, 0.15) is 31.2 Å². The quantitative estimate of drug-likeness (QED) is 0.825. The summed E-state index contributed by atoms with van der Waals surface area (Å²) in [4.78, 5) is 0. The van der Waals surface area contributed by atoms with Gasteiger partial charge >= 0.3 is 0 Å². The van der Waals surface area contributed by atoms with Crippen LogP contribution in [0.15, 0.2) is 6.07 Å². The Balaban J connectivity index is 2.10. The molecule has 0 spiro atoms. The lowest BCUT2D eigenvalue weighted by atomic mass is 9.75. The van der Waals surface area contributed by atoms with Gasteiger partial charge in [-0.3, -0.25) is 4.68 Å². The molecule has 0 amide bonds. The highest BCUT2D eigenvalue weighted by molar-refractivity contribution is 5.14. The van der Waals surface area contributed by atoms with Gasteiger partial charge in [-0.15, -0.1) is 0 Å². The average Bonchev–Trinajstić information content (AvgIpc) is 2.43. The van der Waals surface area contributed by atoms with Crippen molar-refractivity contribution in [3.8, 4) is 0 Å². The van der Waals surface area contributed by atoms with E-state index in [1.807, 2.05) is 24.6 Å². The van der Waals surface area contributed by atoms with E-state index in [0.717, 1.165) is 17.9 Å². The molecule has 0 bridgehead atoms. The smallest absolute Gasteiger partial charge is 0.119 e. The third kappa shape index (κ3) is 2.04. The van der Waals surface area contributed by atoms with Gasteiger partial charge in [0, 0.05) is 24.7 Å². The Hall–Kier alpha value is -0.900. The predicted octanol–water partition coefficient (Wildman–Crippen LogP) is 1.58. The highest BCUT2D eigenvalue weighted by Gasteiger charge is 2.43. The third-order valence-electron chi connectivity index (χ3n) is 3.04. The van der Waals surface area contributed by atoms with Crippen LogP contribution in [-0.4, -0.2) is 21.5 Å². The molecule has 0 aromatic carbocycles. The molecule has 1 aliphatic rings. The van der Waals surface area contributed by atoms with Crippen LogP contribution < -0.4 is 5.73 Å². The van der Waals surface area contributed by atoms with Gasteiger partial charge in [0.2, 0.25) is 0 Å². The fourth-order valence-electron chi connectivity index (χ4n) is 2.36. The second kappa shape index (κ2) is 3.59. The van der Waals surface area contributed by atoms with Crippen LogP contribution >= 0.6 is 0 Å². The lowest BCUT2D eigenvalue weighted by Crippen LogP contribution is -2.49. The van der Waals surface area contributed by atoms with Crippen molar-refractivity contribution in [2.45, 2.75) is 51.4 Å². The van der Waals surface area contributed by atoms with Crippen molar-refractivity contribution in [1.82, 2.24) is 9.78 Å². The molecule has 1 aliphatic carbocycles. The highest BCUT2D eigenvalue weighted by atomic mass is 19.1. The van der Waals surface area contributed by atoms with Crippen molar-refractivity contribution in [2.24, 2.45) is 5.73 Å². The maximum absolute atomic E-state index is 14.0. The monoisotopic (exact) mass is 211 g/mol. The van der Waals surface area contributed by atoms with Gasteiger partial charge in [0.05, 0.1) is 5.69 Å². The Bertz CT molecular complexity index is 353. The molecule has 0 saturated heterocycles. The largest absolute Gasteiger partial charge is 0.327 e. The Morgan fingerprint density at radius 1 is 1.67 bits per heavy atom. The van der Waals surface area contributed by atoms with Crippen molar-refractivity contribution >= 4 is 0 Å². The van der Waals surface area contributed by atoms with Gasteiger partial charge in [-0.05, 0) is 32.8 Å². The molecule has 2 rings (SSSR count). The second-order valence-electron chi connectivity index (χ2n) is 4.59. The normalized spacial score (nSPS) is 30.3. The number of rotatable bonds is 3. The summed E-state index contributed by atoms with van der Waals surface area (Å²) in [5, 5.41) is 4.31. The Kier molecular flexibility index (Phi) is 2.54. The van der Waals surface area contributed by atoms with E-state index in [-0.39, 0.29) is 6.04 Å². The number of halogens is 1. The number of alkyl halides is 1. The molecule has 3 nitrogen and oxygen atoms in total. The van der Waals surface area contributed by atoms with E-state index in [1.54, 1.807) is 0 Å². The van der Waals surface area contributed by atoms with Crippen molar-refractivity contribution in [3.05, 3.63) is 17.5 Å². The highest BCUT2D eigenvalue weighted by Crippen LogP contribution is 2.38. The first-order valence-corrected chi connectivity index (χ1v) is 5.50. The van der Waals surface area contributed by atoms with Gasteiger partial charge in [-0.25, -0.2) is 4.39 Å². The van der Waals surface area contributed by atoms with E-state index in [2.05, 4.69) is 5.10 Å². The molecule has 0 unspecified atom stereocenters. The van der Waals surface area contributed by atoms with Crippen LogP contribution in [0, 0.1) is 6.92 Å². The van der Waals surface area contributed by atoms with E-state index < -0.39 is 5.67 Å². The van der Waals surface area contributed by atoms with Gasteiger partial charge in [-0.1, -0.05) is 0 Å². The van der Waals surface area contributed by atoms with E-state index in [0.29, 0.717) is 19.3 Å². The number of nitrogens with two attached hydrogens (primary N) is 1. The molecule has 4 heteroatoms. The Labute approximate surface area is 89.5 Å². The van der Waals surface area contributed by atoms with Crippen LogP contribution in [0.4, 0.5) is 4.39 Å². The molecule has 0 radical (unpaired) electrons. The first-order chi connectivity index (χ1) is 7.02. The minimum atomic E-state index is -1.08. The molecule has 0 aliphatic heterocycles. The Morgan fingerprint density at radius 2 is 2.33 bits per heavy atom. The summed E-state index contributed by atoms with van der Waals surface area (Å²) in [5.41, 5.74) is 6.48. The van der Waals surface area contributed by atoms with Crippen molar-refractivity contribution in [2.75, 3.05) is 0 Å². The van der Waals surface area contributed by atoms with Crippen LogP contribution in [0.3, 0.4) is 0 Å². The molecule has 2 N–H and O–H groups in total. The molecule has 1 aromatic heterocycles. The zero-order chi connectivity index (χ0) is 11.1. The summed E-state index contributed by atoms with van der Waals surface area (Å²) < 4.78 is 15.9. The summed E-state index contributed by atoms with van der Waals surface area (Å²) in [5.74, 6) is 0. The van der Waals surface area contributed by atoms with Crippen molar-refractivity contribution < 1.29 is 4.39 Å². The van der Waals surface area contributed by atoms with E-state index in [9.17, 15) is 4.39 Å². The van der Waals surface area contributed by atoms with Crippen molar-refractivity contribution in [3.63, 3.8) is 0 Å². The molecule has 15 heavy (non-hydrogen) atoms. The zero-order valence-corrected chi connectivity index (χ0v) is 9.33. The maximum Gasteiger partial charge on any atom is 0.119 e. The summed E-state index contributed by atoms with van der Waals surface area (Å²) in [6.07, 6.45) is 1.43. The van der Waals surface area contributed by atoms with Crippen LogP contribution in [0.2, 0.25) is 0 Å². The van der Waals surface area contributed by atoms with Gasteiger partial charge in [0.15, 0.2) is 0 Å². The number of aromatic nitrogens is 2. The average molecular weight is 211 g/mol. The van der Waals surface area contributed by atoms with Gasteiger partial charge in [-0.2, -0.15) is 5.10 Å². The predicted molar refractivity (Wildman–Crippen MR) is 57.4 cm³/mol. The lowest BCUT2D eigenvalue weighted by Gasteiger charge is -2.39. The first-order valence-electron chi connectivity index (χ1n) is 5.50. The molecule has 1 heterocycles. The standard InChI is InChI=1S/C11H18FN3/c1-3-15-10(4-8(2)14-15)7-11(12)5-9(13)6-11/h4,9H,3,5-7,13H2,1-2H3. The topological polar surface area (TPSA) is 43.8 Å². The molecular formula is C11H18FN3. The third-order valence-corrected chi connectivity index (χ3v) is 3.04. The SMILES string of the molecule is CCn1nc(C)cc1CC1(F)CC(N)C1. The minimum Gasteiger partial charge on any atom is -0.327 e. The molecule has 1 fully saturated rings. The molecular weight excluding hydrogens is 193 g/mol. The van der Waals surface area contributed by atoms with Crippen LogP contribution in [0.5, 0.6) is 0 Å². The molecule has 1 aromatic rings. The maximum atomic E-state index is 14.0. The molecule has 0 atom stereocenters. The number of hydrogen-bond donors (Lipinski definition) is 1. The first kappa shape index (κ1) is 10.6. The summed E-state index contributed by atoms with van der Waals surface area (Å²) in [6, 6.07) is 2.02. The van der Waals surface area contributed by atoms with E-state index in [1.165, 1.54) is 0 Å². The summed E-state index contributed by atoms with van der Waals surface area (Å²) >= 11 is 0. The fraction of sp³-hybridized carbons (Fsp3) is 0.727. The van der Waals surface area contributed by atoms with Crippen LogP contribution in [-0.2, 0) is 13.0 Å². The van der Waals surface area contributed by atoms with Gasteiger partial charge in [0.1, 0.15) is 5.67 Å². The number of hydrogen-bond acceptors (Lipinski definition) is 2. The molecule has 1 saturated carbocycles. The molecule has 84 valence electrons. The van der Waals surface area contributed by atoms with Crippen LogP contribution in [0.25, 0.3) is 0 Å². The fourth-order valence-corrected chi connectivity index (χ4v) is 2.36. The lowest BCUT2D eigenvalue weighted by molar-refractivity contribution is 0.0424. The van der Waals surface area contributed by atoms with Gasteiger partial charge in [0.25, 0.3) is 0 Å². The van der Waals surface area contributed by atoms with Crippen molar-refractivity contribution in [1.29, 1.82) is 0 Å². The van der Waals surface area contributed by atoms with Gasteiger partial charge < -0.3 is 5.73 Å². The minimum absolute atomic E-state index is 0.0501. The zero-order valence-electron chi connectivity index (χ0n) is 9.33.